The Labute approximate surface area is 405 Å². The molecule has 68 heavy (non-hydrogen) atoms. The average molecular weight is 958 g/mol. The summed E-state index contributed by atoms with van der Waals surface area (Å²) in [5.74, 6) is -7.94. The quantitative estimate of drug-likeness (QED) is 0.174. The van der Waals surface area contributed by atoms with Gasteiger partial charge in [-0.3, -0.25) is 19.2 Å². The number of esters is 1. The van der Waals surface area contributed by atoms with Crippen molar-refractivity contribution in [1.82, 2.24) is 4.90 Å². The third-order valence-corrected chi connectivity index (χ3v) is 14.9. The first kappa shape index (κ1) is 57.2. The van der Waals surface area contributed by atoms with Crippen LogP contribution in [0.15, 0.2) is 47.6 Å². The number of ketones is 3. The van der Waals surface area contributed by atoms with Crippen molar-refractivity contribution in [2.45, 2.75) is 180 Å². The number of piperidine rings is 1. The third-order valence-electron chi connectivity index (χ3n) is 14.9. The van der Waals surface area contributed by atoms with Gasteiger partial charge >= 0.3 is 5.97 Å². The van der Waals surface area contributed by atoms with Crippen LogP contribution in [-0.2, 0) is 52.4 Å². The van der Waals surface area contributed by atoms with Gasteiger partial charge in [0.15, 0.2) is 11.6 Å². The van der Waals surface area contributed by atoms with Crippen LogP contribution in [0.3, 0.4) is 0 Å². The predicted octanol–water partition coefficient (Wildman–Crippen LogP) is 6.20. The Hall–Kier alpha value is -3.41. The first-order valence-electron chi connectivity index (χ1n) is 25.0. The number of hydrogen-bond acceptors (Lipinski definition) is 14. The van der Waals surface area contributed by atoms with Crippen molar-refractivity contribution < 1.29 is 67.7 Å². The van der Waals surface area contributed by atoms with Gasteiger partial charge in [-0.1, -0.05) is 71.1 Å². The van der Waals surface area contributed by atoms with Crippen molar-refractivity contribution in [2.24, 2.45) is 35.5 Å². The number of cyclic esters (lactones) is 1. The second-order valence-corrected chi connectivity index (χ2v) is 20.2. The molecule has 3 N–H and O–H groups in total. The van der Waals surface area contributed by atoms with Gasteiger partial charge in [0.25, 0.3) is 11.7 Å². The molecule has 4 unspecified atom stereocenters. The molecule has 3 fully saturated rings. The van der Waals surface area contributed by atoms with E-state index in [4.69, 9.17) is 28.4 Å². The van der Waals surface area contributed by atoms with E-state index in [1.807, 2.05) is 58.1 Å². The normalized spacial score (nSPS) is 36.7. The topological polar surface area (TPSA) is 205 Å². The molecule has 2 saturated heterocycles. The lowest BCUT2D eigenvalue weighted by Gasteiger charge is -2.42. The summed E-state index contributed by atoms with van der Waals surface area (Å²) in [5, 5.41) is 32.8. The molecule has 0 aromatic heterocycles. The molecule has 15 atom stereocenters. The number of carbonyl (C=O) groups is 5. The molecular formula is C53H83NO14. The van der Waals surface area contributed by atoms with E-state index < -0.39 is 77.8 Å². The van der Waals surface area contributed by atoms with Crippen LogP contribution in [0.4, 0.5) is 0 Å². The van der Waals surface area contributed by atoms with E-state index in [0.29, 0.717) is 63.4 Å². The largest absolute Gasteiger partial charge is 0.460 e. The molecule has 1 aliphatic carbocycles. The highest BCUT2D eigenvalue weighted by Crippen LogP contribution is 2.38. The molecule has 384 valence electrons. The molecule has 3 aliphatic heterocycles. The maximum absolute atomic E-state index is 14.5. The molecule has 4 aliphatic rings. The van der Waals surface area contributed by atoms with Crippen LogP contribution in [0.25, 0.3) is 0 Å². The van der Waals surface area contributed by atoms with Crippen molar-refractivity contribution in [3.05, 3.63) is 47.6 Å². The second-order valence-electron chi connectivity index (χ2n) is 20.2. The van der Waals surface area contributed by atoms with Crippen LogP contribution in [0.2, 0.25) is 0 Å². The van der Waals surface area contributed by atoms with Gasteiger partial charge in [-0.05, 0) is 107 Å². The van der Waals surface area contributed by atoms with Crippen LogP contribution >= 0.6 is 0 Å². The number of nitrogens with zero attached hydrogens (tertiary/aromatic N) is 1. The van der Waals surface area contributed by atoms with Gasteiger partial charge in [0.05, 0.1) is 43.7 Å². The number of aliphatic hydroxyl groups excluding tert-OH is 2. The average Bonchev–Trinajstić information content (AvgIpc) is 3.32. The molecule has 3 heterocycles. The molecule has 0 radical (unpaired) electrons. The minimum atomic E-state index is -2.43. The summed E-state index contributed by atoms with van der Waals surface area (Å²) in [6, 6.07) is -1.15. The molecule has 1 saturated carbocycles. The highest BCUT2D eigenvalue weighted by Gasteiger charge is 2.53. The van der Waals surface area contributed by atoms with Crippen LogP contribution in [0.1, 0.15) is 126 Å². The Bertz CT molecular complexity index is 1810. The molecule has 15 nitrogen and oxygen atoms in total. The van der Waals surface area contributed by atoms with Crippen molar-refractivity contribution in [1.29, 1.82) is 0 Å². The first-order valence-corrected chi connectivity index (χ1v) is 25.0. The number of aliphatic hydroxyl groups is 3. The van der Waals surface area contributed by atoms with E-state index >= 15 is 0 Å². The maximum atomic E-state index is 14.5. The summed E-state index contributed by atoms with van der Waals surface area (Å²) < 4.78 is 35.6. The summed E-state index contributed by atoms with van der Waals surface area (Å²) in [7, 11) is 4.59. The van der Waals surface area contributed by atoms with E-state index in [2.05, 4.69) is 0 Å². The zero-order valence-corrected chi connectivity index (χ0v) is 42.4. The van der Waals surface area contributed by atoms with Crippen molar-refractivity contribution in [2.75, 3.05) is 41.1 Å². The molecule has 0 aromatic carbocycles. The van der Waals surface area contributed by atoms with E-state index in [1.54, 1.807) is 41.1 Å². The first-order chi connectivity index (χ1) is 32.3. The standard InChI is InChI=1S/C53H83NO14/c1-32-16-12-11-13-17-33(2)44(63-8)30-40-21-19-38(7)53(62,68-40)50(59)51(60)54-23-15-14-18-41(54)52(61)67-45(35(4)28-39-20-22-43(66-25-24-55)46(29-39)64-9)31-42(56)34(3)27-37(6)48(58)49(65-10)47(57)36(5)26-32/h11-13,16-17,27,32,35-41,43-46,48-49,55,58,62H,14-15,18-26,28-31H2,1-10H3/t32-,35-,36?,37?,38-,39+,40+,41+,43-,44+,45?,46-,48-,49?,53-/m1/s1. The van der Waals surface area contributed by atoms with Gasteiger partial charge in [-0.25, -0.2) is 4.79 Å². The minimum Gasteiger partial charge on any atom is -0.460 e. The molecule has 1 amide bonds. The fourth-order valence-electron chi connectivity index (χ4n) is 10.5. The number of methoxy groups -OCH3 is 3. The van der Waals surface area contributed by atoms with Crippen molar-refractivity contribution >= 4 is 29.2 Å². The predicted molar refractivity (Wildman–Crippen MR) is 256 cm³/mol. The van der Waals surface area contributed by atoms with Gasteiger partial charge in [0.2, 0.25) is 5.79 Å². The van der Waals surface area contributed by atoms with E-state index in [-0.39, 0.29) is 74.1 Å². The number of carbonyl (C=O) groups excluding carboxylic acids is 5. The Kier molecular flexibility index (Phi) is 22.9. The van der Waals surface area contributed by atoms with Crippen LogP contribution < -0.4 is 0 Å². The molecular weight excluding hydrogens is 875 g/mol. The fourth-order valence-corrected chi connectivity index (χ4v) is 10.5. The van der Waals surface area contributed by atoms with Crippen LogP contribution in [-0.4, -0.2) is 145 Å². The highest BCUT2D eigenvalue weighted by molar-refractivity contribution is 6.39. The number of amides is 1. The minimum absolute atomic E-state index is 0.0185. The Morgan fingerprint density at radius 2 is 1.60 bits per heavy atom. The zero-order chi connectivity index (χ0) is 50.3. The van der Waals surface area contributed by atoms with Crippen molar-refractivity contribution in [3.63, 3.8) is 0 Å². The molecule has 4 rings (SSSR count). The molecule has 0 aromatic rings. The number of hydrogen-bond donors (Lipinski definition) is 3. The smallest absolute Gasteiger partial charge is 0.329 e. The van der Waals surface area contributed by atoms with Gasteiger partial charge in [-0.2, -0.15) is 0 Å². The van der Waals surface area contributed by atoms with E-state index in [1.165, 1.54) is 12.0 Å². The SMILES string of the molecule is COC1C(=O)C(C)C[C@H](C)C=CC=CC=C(C)[C@@H](OC)C[C@@H]2CC[C@@H](C)[C@@](O)(O2)C(=O)C(=O)N2CCCC[C@H]2C(=O)OC([C@H](C)C[C@@H]2CC[C@@H](OCCO)[C@H](OC)C2)CC(=O)C(C)=CC(C)[C@H]1O. The number of rotatable bonds is 9. The van der Waals surface area contributed by atoms with E-state index in [0.717, 1.165) is 12.0 Å². The van der Waals surface area contributed by atoms with Gasteiger partial charge in [0.1, 0.15) is 18.2 Å². The number of allylic oxidation sites excluding steroid dienone is 6. The lowest BCUT2D eigenvalue weighted by Crippen LogP contribution is -2.61. The Balaban J connectivity index is 1.70. The number of ether oxygens (including phenoxy) is 6. The van der Waals surface area contributed by atoms with E-state index in [9.17, 15) is 39.3 Å². The van der Waals surface area contributed by atoms with Gasteiger partial charge < -0.3 is 48.6 Å². The Morgan fingerprint density at radius 1 is 0.868 bits per heavy atom. The van der Waals surface area contributed by atoms with Gasteiger partial charge in [0, 0.05) is 58.5 Å². The molecule has 2 bridgehead atoms. The maximum Gasteiger partial charge on any atom is 0.329 e. The summed E-state index contributed by atoms with van der Waals surface area (Å²) in [4.78, 5) is 72.1. The van der Waals surface area contributed by atoms with Gasteiger partial charge in [-0.15, -0.1) is 0 Å². The lowest BCUT2D eigenvalue weighted by molar-refractivity contribution is -0.265. The Morgan fingerprint density at radius 3 is 2.28 bits per heavy atom. The summed E-state index contributed by atoms with van der Waals surface area (Å²) >= 11 is 0. The molecule has 0 spiro atoms. The number of fused-ring (bicyclic) bond motifs is 3. The highest BCUT2D eigenvalue weighted by atomic mass is 16.6. The second kappa shape index (κ2) is 27.3. The van der Waals surface area contributed by atoms with Crippen molar-refractivity contribution in [3.8, 4) is 0 Å². The summed E-state index contributed by atoms with van der Waals surface area (Å²) in [6.07, 6.45) is 12.0. The monoisotopic (exact) mass is 958 g/mol. The van der Waals surface area contributed by atoms with Crippen LogP contribution in [0, 0.1) is 35.5 Å². The summed E-state index contributed by atoms with van der Waals surface area (Å²) in [6.45, 7) is 12.9. The third kappa shape index (κ3) is 15.3. The van der Waals surface area contributed by atoms with Crippen LogP contribution in [0.5, 0.6) is 0 Å². The zero-order valence-electron chi connectivity index (χ0n) is 42.4. The summed E-state index contributed by atoms with van der Waals surface area (Å²) in [5.41, 5.74) is 1.19. The molecule has 15 heteroatoms. The fraction of sp³-hybridized carbons (Fsp3) is 0.755. The number of Topliss-reactive ketones (excluding diaryl/α,β-unsaturated/α-hetero) is 3. The lowest BCUT2D eigenvalue weighted by atomic mass is 9.78.